The number of H-pyrrole nitrogens is 1. The molecule has 0 atom stereocenters. The number of ketones is 1. The second kappa shape index (κ2) is 9.73. The summed E-state index contributed by atoms with van der Waals surface area (Å²) in [5.74, 6) is -5.72. The first-order valence-corrected chi connectivity index (χ1v) is 10.1. The minimum atomic E-state index is -5.85. The molecule has 0 saturated carbocycles. The number of Topliss-reactive ketones (excluding diaryl/α,β-unsaturated/α-hetero) is 1. The van der Waals surface area contributed by atoms with Crippen molar-refractivity contribution in [3.63, 3.8) is 0 Å². The third-order valence-electron chi connectivity index (χ3n) is 5.15. The molecule has 0 spiro atoms. The summed E-state index contributed by atoms with van der Waals surface area (Å²) in [6.07, 6.45) is -4.82. The van der Waals surface area contributed by atoms with Crippen LogP contribution in [0.15, 0.2) is 66.1 Å². The van der Waals surface area contributed by atoms with Crippen molar-refractivity contribution in [2.75, 3.05) is 7.11 Å². The maximum Gasteiger partial charge on any atom is 0.458 e. The highest BCUT2D eigenvalue weighted by Crippen LogP contribution is 2.45. The number of hydrogen-bond acceptors (Lipinski definition) is 4. The molecule has 3 aromatic rings. The molecule has 0 amide bonds. The predicted octanol–water partition coefficient (Wildman–Crippen LogP) is 6.42. The number of hydrogen-bond donors (Lipinski definition) is 1. The number of carbonyl (C=O) groups excluding carboxylic acids is 1. The van der Waals surface area contributed by atoms with E-state index in [2.05, 4.69) is 11.6 Å². The van der Waals surface area contributed by atoms with Crippen molar-refractivity contribution in [3.8, 4) is 17.2 Å². The highest BCUT2D eigenvalue weighted by atomic mass is 19.4. The number of pyridine rings is 1. The minimum absolute atomic E-state index is 0.0956. The molecule has 2 aromatic carbocycles. The number of rotatable bonds is 8. The maximum atomic E-state index is 14.0. The Kier molecular flexibility index (Phi) is 7.14. The van der Waals surface area contributed by atoms with Crippen LogP contribution in [0.2, 0.25) is 0 Å². The molecule has 3 rings (SSSR count). The third-order valence-corrected chi connectivity index (χ3v) is 5.15. The van der Waals surface area contributed by atoms with E-state index in [-0.39, 0.29) is 23.3 Å². The van der Waals surface area contributed by atoms with Crippen molar-refractivity contribution in [2.45, 2.75) is 25.4 Å². The Morgan fingerprint density at radius 3 is 2.31 bits per heavy atom. The number of halogens is 5. The molecule has 0 aliphatic heterocycles. The fraction of sp³-hybridized carbons (Fsp3) is 0.200. The van der Waals surface area contributed by atoms with Gasteiger partial charge in [0.2, 0.25) is 5.56 Å². The Bertz CT molecular complexity index is 1330. The van der Waals surface area contributed by atoms with Crippen LogP contribution in [0.25, 0.3) is 5.57 Å². The Labute approximate surface area is 196 Å². The van der Waals surface area contributed by atoms with Crippen LogP contribution < -0.4 is 15.0 Å². The van der Waals surface area contributed by atoms with Crippen molar-refractivity contribution in [1.82, 2.24) is 4.98 Å². The zero-order valence-electron chi connectivity index (χ0n) is 18.6. The van der Waals surface area contributed by atoms with Gasteiger partial charge in [0.05, 0.1) is 12.7 Å². The number of benzene rings is 2. The van der Waals surface area contributed by atoms with Crippen LogP contribution in [0.3, 0.4) is 0 Å². The van der Waals surface area contributed by atoms with Gasteiger partial charge in [-0.15, -0.1) is 0 Å². The smallest absolute Gasteiger partial charge is 0.458 e. The summed E-state index contributed by atoms with van der Waals surface area (Å²) >= 11 is 0. The fourth-order valence-electron chi connectivity index (χ4n) is 3.29. The number of alkyl halides is 5. The van der Waals surface area contributed by atoms with Gasteiger partial charge in [0.1, 0.15) is 17.2 Å². The molecule has 0 fully saturated rings. The molecule has 0 radical (unpaired) electrons. The van der Waals surface area contributed by atoms with Crippen LogP contribution in [0.4, 0.5) is 22.0 Å². The maximum absolute atomic E-state index is 14.0. The van der Waals surface area contributed by atoms with Crippen LogP contribution in [-0.4, -0.2) is 24.1 Å². The molecule has 0 unspecified atom stereocenters. The average Bonchev–Trinajstić information content (AvgIpc) is 2.78. The lowest BCUT2D eigenvalue weighted by Crippen LogP contribution is -2.33. The molecular formula is C25H20F5NO4. The third kappa shape index (κ3) is 5.59. The van der Waals surface area contributed by atoms with Crippen LogP contribution >= 0.6 is 0 Å². The SMILES string of the molecule is C=C(CC(=O)c1ccc(C(F)(F)C(F)(F)F)cc1Oc1ccc(OC)c(C)c1)c1cc[nH]c(=O)c1. The summed E-state index contributed by atoms with van der Waals surface area (Å²) in [5, 5.41) is 0. The summed E-state index contributed by atoms with van der Waals surface area (Å²) in [6, 6.07) is 9.05. The Morgan fingerprint density at radius 1 is 1.00 bits per heavy atom. The lowest BCUT2D eigenvalue weighted by molar-refractivity contribution is -0.289. The van der Waals surface area contributed by atoms with Gasteiger partial charge in [0.25, 0.3) is 0 Å². The van der Waals surface area contributed by atoms with E-state index in [4.69, 9.17) is 9.47 Å². The molecule has 35 heavy (non-hydrogen) atoms. The Hall–Kier alpha value is -3.95. The number of methoxy groups -OCH3 is 1. The van der Waals surface area contributed by atoms with E-state index in [9.17, 15) is 31.5 Å². The van der Waals surface area contributed by atoms with Gasteiger partial charge < -0.3 is 14.5 Å². The van der Waals surface area contributed by atoms with Gasteiger partial charge in [-0.1, -0.05) is 12.6 Å². The normalized spacial score (nSPS) is 11.7. The zero-order valence-corrected chi connectivity index (χ0v) is 18.6. The monoisotopic (exact) mass is 493 g/mol. The number of ether oxygens (including phenoxy) is 2. The highest BCUT2D eigenvalue weighted by molar-refractivity contribution is 6.04. The lowest BCUT2D eigenvalue weighted by atomic mass is 9.96. The molecule has 1 N–H and O–H groups in total. The highest BCUT2D eigenvalue weighted by Gasteiger charge is 2.58. The number of aromatic amines is 1. The molecule has 5 nitrogen and oxygen atoms in total. The van der Waals surface area contributed by atoms with Gasteiger partial charge in [-0.3, -0.25) is 9.59 Å². The largest absolute Gasteiger partial charge is 0.496 e. The summed E-state index contributed by atoms with van der Waals surface area (Å²) in [7, 11) is 1.44. The molecular weight excluding hydrogens is 473 g/mol. The Morgan fingerprint density at radius 2 is 1.71 bits per heavy atom. The molecule has 184 valence electrons. The average molecular weight is 493 g/mol. The molecule has 1 heterocycles. The van der Waals surface area contributed by atoms with Crippen molar-refractivity contribution in [1.29, 1.82) is 0 Å². The van der Waals surface area contributed by atoms with E-state index < -0.39 is 34.8 Å². The molecule has 0 saturated heterocycles. The standard InChI is InChI=1S/C25H20F5NO4/c1-14(16-8-9-31-23(33)12-16)11-20(32)19-6-4-17(24(26,27)25(28,29)30)13-22(19)35-18-5-7-21(34-3)15(2)10-18/h4-10,12-13H,1,11H2,2-3H3,(H,31,33). The van der Waals surface area contributed by atoms with E-state index in [1.54, 1.807) is 6.92 Å². The van der Waals surface area contributed by atoms with Crippen molar-refractivity contribution in [2.24, 2.45) is 0 Å². The fourth-order valence-corrected chi connectivity index (χ4v) is 3.29. The number of aryl methyl sites for hydroxylation is 1. The van der Waals surface area contributed by atoms with Crippen molar-refractivity contribution < 1.29 is 36.2 Å². The quantitative estimate of drug-likeness (QED) is 0.290. The number of aromatic nitrogens is 1. The summed E-state index contributed by atoms with van der Waals surface area (Å²) in [4.78, 5) is 26.9. The molecule has 0 aliphatic rings. The molecule has 0 bridgehead atoms. The molecule has 0 aliphatic carbocycles. The van der Waals surface area contributed by atoms with Crippen molar-refractivity contribution >= 4 is 11.4 Å². The first-order valence-electron chi connectivity index (χ1n) is 10.1. The predicted molar refractivity (Wildman–Crippen MR) is 119 cm³/mol. The van der Waals surface area contributed by atoms with Crippen LogP contribution in [0.1, 0.15) is 33.5 Å². The van der Waals surface area contributed by atoms with E-state index in [1.807, 2.05) is 0 Å². The zero-order chi connectivity index (χ0) is 26.0. The van der Waals surface area contributed by atoms with Gasteiger partial charge >= 0.3 is 12.1 Å². The first kappa shape index (κ1) is 25.7. The summed E-state index contributed by atoms with van der Waals surface area (Å²) in [5.41, 5.74) is -0.805. The van der Waals surface area contributed by atoms with Crippen LogP contribution in [0, 0.1) is 6.92 Å². The number of nitrogens with one attached hydrogen (secondary N) is 1. The summed E-state index contributed by atoms with van der Waals surface area (Å²) < 4.78 is 77.6. The minimum Gasteiger partial charge on any atom is -0.496 e. The van der Waals surface area contributed by atoms with Gasteiger partial charge in [-0.25, -0.2) is 0 Å². The number of carbonyl (C=O) groups is 1. The second-order valence-corrected chi connectivity index (χ2v) is 7.66. The second-order valence-electron chi connectivity index (χ2n) is 7.66. The van der Waals surface area contributed by atoms with Gasteiger partial charge in [0, 0.05) is 24.2 Å². The molecule has 1 aromatic heterocycles. The van der Waals surface area contributed by atoms with E-state index >= 15 is 0 Å². The van der Waals surface area contributed by atoms with E-state index in [1.165, 1.54) is 43.6 Å². The van der Waals surface area contributed by atoms with Gasteiger partial charge in [-0.2, -0.15) is 22.0 Å². The van der Waals surface area contributed by atoms with E-state index in [0.29, 0.717) is 29.0 Å². The van der Waals surface area contributed by atoms with Gasteiger partial charge in [0.15, 0.2) is 5.78 Å². The lowest BCUT2D eigenvalue weighted by Gasteiger charge is -2.21. The number of allylic oxidation sites excluding steroid dienone is 1. The summed E-state index contributed by atoms with van der Waals surface area (Å²) in [6.45, 7) is 5.45. The van der Waals surface area contributed by atoms with E-state index in [0.717, 1.165) is 6.07 Å². The topological polar surface area (TPSA) is 68.4 Å². The Balaban J connectivity index is 2.02. The first-order chi connectivity index (χ1) is 16.3. The van der Waals surface area contributed by atoms with Gasteiger partial charge in [-0.05, 0) is 60.0 Å². The van der Waals surface area contributed by atoms with Crippen LogP contribution in [-0.2, 0) is 5.92 Å². The van der Waals surface area contributed by atoms with Crippen LogP contribution in [0.5, 0.6) is 17.2 Å². The molecule has 10 heteroatoms. The van der Waals surface area contributed by atoms with Crippen molar-refractivity contribution in [3.05, 3.63) is 93.9 Å².